The van der Waals surface area contributed by atoms with Crippen molar-refractivity contribution < 1.29 is 8.42 Å². The van der Waals surface area contributed by atoms with Crippen LogP contribution in [0, 0.1) is 5.92 Å². The van der Waals surface area contributed by atoms with Crippen molar-refractivity contribution in [3.05, 3.63) is 17.5 Å². The average Bonchev–Trinajstić information content (AvgIpc) is 2.88. The van der Waals surface area contributed by atoms with Crippen molar-refractivity contribution in [1.29, 1.82) is 0 Å². The highest BCUT2D eigenvalue weighted by Gasteiger charge is 2.33. The molecule has 3 N–H and O–H groups in total. The Morgan fingerprint density at radius 3 is 2.80 bits per heavy atom. The Bertz CT molecular complexity index is 409. The van der Waals surface area contributed by atoms with Gasteiger partial charge < -0.3 is 5.73 Å². The molecular weight excluding hydrogens is 232 g/mol. The highest BCUT2D eigenvalue weighted by molar-refractivity contribution is 7.91. The van der Waals surface area contributed by atoms with Gasteiger partial charge in [-0.1, -0.05) is 6.07 Å². The van der Waals surface area contributed by atoms with Crippen LogP contribution in [-0.2, 0) is 10.0 Å². The third kappa shape index (κ3) is 2.57. The predicted molar refractivity (Wildman–Crippen MR) is 60.2 cm³/mol. The van der Waals surface area contributed by atoms with Crippen molar-refractivity contribution in [2.45, 2.75) is 23.1 Å². The molecule has 1 aliphatic carbocycles. The maximum Gasteiger partial charge on any atom is 0.250 e. The van der Waals surface area contributed by atoms with Gasteiger partial charge in [0, 0.05) is 12.6 Å². The molecule has 0 spiro atoms. The summed E-state index contributed by atoms with van der Waals surface area (Å²) in [5.74, 6) is 0.435. The minimum atomic E-state index is -3.34. The summed E-state index contributed by atoms with van der Waals surface area (Å²) in [6.45, 7) is 0.370. The Morgan fingerprint density at radius 1 is 1.60 bits per heavy atom. The molecule has 84 valence electrons. The number of sulfonamides is 1. The van der Waals surface area contributed by atoms with Crippen LogP contribution in [0.5, 0.6) is 0 Å². The molecule has 0 amide bonds. The lowest BCUT2D eigenvalue weighted by atomic mass is 10.2. The summed E-state index contributed by atoms with van der Waals surface area (Å²) in [4.78, 5) is 0. The topological polar surface area (TPSA) is 72.2 Å². The van der Waals surface area contributed by atoms with E-state index in [1.165, 1.54) is 11.3 Å². The Balaban J connectivity index is 2.10. The molecule has 6 heteroatoms. The van der Waals surface area contributed by atoms with Crippen LogP contribution < -0.4 is 10.5 Å². The molecule has 0 radical (unpaired) electrons. The van der Waals surface area contributed by atoms with Gasteiger partial charge in [-0.3, -0.25) is 0 Å². The molecule has 1 fully saturated rings. The fourth-order valence-electron chi connectivity index (χ4n) is 1.51. The summed E-state index contributed by atoms with van der Waals surface area (Å²) in [7, 11) is -3.34. The Hall–Kier alpha value is -0.430. The zero-order valence-electron chi connectivity index (χ0n) is 8.22. The maximum atomic E-state index is 11.8. The van der Waals surface area contributed by atoms with Crippen LogP contribution in [0.25, 0.3) is 0 Å². The van der Waals surface area contributed by atoms with Gasteiger partial charge in [-0.15, -0.1) is 11.3 Å². The van der Waals surface area contributed by atoms with E-state index >= 15 is 0 Å². The minimum absolute atomic E-state index is 0.0999. The molecule has 0 saturated heterocycles. The number of nitrogens with one attached hydrogen (secondary N) is 1. The van der Waals surface area contributed by atoms with Crippen molar-refractivity contribution in [2.24, 2.45) is 11.7 Å². The fourth-order valence-corrected chi connectivity index (χ4v) is 3.84. The molecule has 2 rings (SSSR count). The second-order valence-corrected chi connectivity index (χ2v) is 6.62. The molecule has 0 bridgehead atoms. The highest BCUT2D eigenvalue weighted by Crippen LogP contribution is 2.33. The molecule has 1 aromatic rings. The number of nitrogens with two attached hydrogens (primary N) is 1. The van der Waals surface area contributed by atoms with E-state index in [-0.39, 0.29) is 6.04 Å². The molecule has 15 heavy (non-hydrogen) atoms. The van der Waals surface area contributed by atoms with Crippen LogP contribution in [0.1, 0.15) is 12.8 Å². The van der Waals surface area contributed by atoms with Crippen LogP contribution in [0.15, 0.2) is 21.7 Å². The van der Waals surface area contributed by atoms with Gasteiger partial charge in [0.15, 0.2) is 0 Å². The van der Waals surface area contributed by atoms with E-state index in [9.17, 15) is 8.42 Å². The van der Waals surface area contributed by atoms with Crippen molar-refractivity contribution in [3.63, 3.8) is 0 Å². The van der Waals surface area contributed by atoms with Crippen LogP contribution in [-0.4, -0.2) is 21.0 Å². The van der Waals surface area contributed by atoms with E-state index in [0.717, 1.165) is 12.8 Å². The normalized spacial score (nSPS) is 19.0. The molecular formula is C9H14N2O2S2. The third-order valence-electron chi connectivity index (χ3n) is 2.51. The summed E-state index contributed by atoms with van der Waals surface area (Å²) in [6, 6.07) is 3.23. The van der Waals surface area contributed by atoms with Gasteiger partial charge in [0.2, 0.25) is 10.0 Å². The van der Waals surface area contributed by atoms with E-state index in [4.69, 9.17) is 5.73 Å². The molecule has 4 nitrogen and oxygen atoms in total. The molecule has 1 saturated carbocycles. The first kappa shape index (κ1) is 11.1. The predicted octanol–water partition coefficient (Wildman–Crippen LogP) is 0.764. The van der Waals surface area contributed by atoms with Gasteiger partial charge in [-0.05, 0) is 30.2 Å². The fraction of sp³-hybridized carbons (Fsp3) is 0.556. The van der Waals surface area contributed by atoms with Gasteiger partial charge >= 0.3 is 0 Å². The molecule has 0 aliphatic heterocycles. The van der Waals surface area contributed by atoms with Gasteiger partial charge in [0.1, 0.15) is 4.21 Å². The molecule has 1 unspecified atom stereocenters. The van der Waals surface area contributed by atoms with E-state index in [0.29, 0.717) is 16.7 Å². The molecule has 1 aromatic heterocycles. The summed E-state index contributed by atoms with van der Waals surface area (Å²) >= 11 is 1.22. The Kier molecular flexibility index (Phi) is 3.11. The maximum absolute atomic E-state index is 11.8. The van der Waals surface area contributed by atoms with Crippen molar-refractivity contribution in [2.75, 3.05) is 6.54 Å². The monoisotopic (exact) mass is 246 g/mol. The second-order valence-electron chi connectivity index (χ2n) is 3.73. The molecule has 1 atom stereocenters. The van der Waals surface area contributed by atoms with Gasteiger partial charge in [0.25, 0.3) is 0 Å². The summed E-state index contributed by atoms with van der Waals surface area (Å²) in [5, 5.41) is 1.75. The molecule has 1 heterocycles. The van der Waals surface area contributed by atoms with Crippen LogP contribution in [0.2, 0.25) is 0 Å². The Labute approximate surface area is 93.5 Å². The average molecular weight is 246 g/mol. The third-order valence-corrected chi connectivity index (χ3v) is 5.40. The SMILES string of the molecule is NCC(NS(=O)(=O)c1cccs1)C1CC1. The van der Waals surface area contributed by atoms with Crippen molar-refractivity contribution in [3.8, 4) is 0 Å². The van der Waals surface area contributed by atoms with Crippen LogP contribution >= 0.6 is 11.3 Å². The molecule has 1 aliphatic rings. The quantitative estimate of drug-likeness (QED) is 0.806. The molecule has 0 aromatic carbocycles. The zero-order chi connectivity index (χ0) is 10.9. The Morgan fingerprint density at radius 2 is 2.33 bits per heavy atom. The van der Waals surface area contributed by atoms with E-state index in [1.54, 1.807) is 17.5 Å². The van der Waals surface area contributed by atoms with E-state index < -0.39 is 10.0 Å². The highest BCUT2D eigenvalue weighted by atomic mass is 32.2. The smallest absolute Gasteiger partial charge is 0.250 e. The van der Waals surface area contributed by atoms with Gasteiger partial charge in [0.05, 0.1) is 0 Å². The summed E-state index contributed by atoms with van der Waals surface area (Å²) in [5.41, 5.74) is 5.55. The lowest BCUT2D eigenvalue weighted by Gasteiger charge is -2.14. The van der Waals surface area contributed by atoms with E-state index in [2.05, 4.69) is 4.72 Å². The lowest BCUT2D eigenvalue weighted by Crippen LogP contribution is -2.41. The van der Waals surface area contributed by atoms with Crippen molar-refractivity contribution in [1.82, 2.24) is 4.72 Å². The summed E-state index contributed by atoms with van der Waals surface area (Å²) < 4.78 is 26.7. The second kappa shape index (κ2) is 4.21. The number of thiophene rings is 1. The van der Waals surface area contributed by atoms with Gasteiger partial charge in [-0.25, -0.2) is 13.1 Å². The van der Waals surface area contributed by atoms with Gasteiger partial charge in [-0.2, -0.15) is 0 Å². The van der Waals surface area contributed by atoms with Crippen molar-refractivity contribution >= 4 is 21.4 Å². The number of hydrogen-bond acceptors (Lipinski definition) is 4. The number of rotatable bonds is 5. The van der Waals surface area contributed by atoms with Crippen LogP contribution in [0.4, 0.5) is 0 Å². The minimum Gasteiger partial charge on any atom is -0.329 e. The zero-order valence-corrected chi connectivity index (χ0v) is 9.85. The first-order valence-corrected chi connectivity index (χ1v) is 7.25. The first-order valence-electron chi connectivity index (χ1n) is 4.89. The number of hydrogen-bond donors (Lipinski definition) is 2. The van der Waals surface area contributed by atoms with E-state index in [1.807, 2.05) is 0 Å². The summed E-state index contributed by atoms with van der Waals surface area (Å²) in [6.07, 6.45) is 2.16. The lowest BCUT2D eigenvalue weighted by molar-refractivity contribution is 0.520. The standard InChI is InChI=1S/C9H14N2O2S2/c10-6-8(7-3-4-7)11-15(12,13)9-2-1-5-14-9/h1-2,5,7-8,11H,3-4,6,10H2. The first-order chi connectivity index (χ1) is 7.13. The van der Waals surface area contributed by atoms with Crippen LogP contribution in [0.3, 0.4) is 0 Å². The largest absolute Gasteiger partial charge is 0.329 e.